The van der Waals surface area contributed by atoms with Gasteiger partial charge in [-0.2, -0.15) is 0 Å². The predicted octanol–water partition coefficient (Wildman–Crippen LogP) is 6.53. The lowest BCUT2D eigenvalue weighted by atomic mass is 10.1. The van der Waals surface area contributed by atoms with Crippen LogP contribution in [0.15, 0.2) is 71.2 Å². The maximum atomic E-state index is 12.2. The number of benzene rings is 3. The average molecular weight is 538 g/mol. The van der Waals surface area contributed by atoms with Crippen molar-refractivity contribution < 1.29 is 23.8 Å². The smallest absolute Gasteiger partial charge is 0.349 e. The van der Waals surface area contributed by atoms with Crippen LogP contribution in [0, 0.1) is 0 Å². The minimum Gasteiger partial charge on any atom is -0.479 e. The van der Waals surface area contributed by atoms with Gasteiger partial charge in [0.2, 0.25) is 0 Å². The first-order valence-corrected chi connectivity index (χ1v) is 11.3. The van der Waals surface area contributed by atoms with Crippen LogP contribution in [0.1, 0.15) is 22.3 Å². The molecule has 0 saturated heterocycles. The molecule has 0 amide bonds. The number of hydrogen-bond donors (Lipinski definition) is 0. The lowest BCUT2D eigenvalue weighted by molar-refractivity contribution is -0.136. The fourth-order valence-corrected chi connectivity index (χ4v) is 4.16. The van der Waals surface area contributed by atoms with E-state index in [-0.39, 0.29) is 17.4 Å². The fraction of sp³-hybridized carbons (Fsp3) is 0.167. The van der Waals surface area contributed by atoms with Gasteiger partial charge in [-0.15, -0.1) is 0 Å². The van der Waals surface area contributed by atoms with E-state index in [2.05, 4.69) is 15.9 Å². The Hall–Kier alpha value is -2.54. The van der Waals surface area contributed by atoms with Crippen LogP contribution < -0.4 is 9.47 Å². The topological polar surface area (TPSA) is 61.8 Å². The Morgan fingerprint density at radius 2 is 1.66 bits per heavy atom. The van der Waals surface area contributed by atoms with Crippen molar-refractivity contribution >= 4 is 51.1 Å². The van der Waals surface area contributed by atoms with Crippen LogP contribution >= 0.6 is 39.1 Å². The summed E-state index contributed by atoms with van der Waals surface area (Å²) in [6.45, 7) is -0.0320. The van der Waals surface area contributed by atoms with Gasteiger partial charge in [0.25, 0.3) is 0 Å². The molecule has 0 spiro atoms. The Kier molecular flexibility index (Phi) is 8.97. The van der Waals surface area contributed by atoms with Gasteiger partial charge in [-0.1, -0.05) is 53.5 Å². The maximum absolute atomic E-state index is 12.2. The Morgan fingerprint density at radius 1 is 0.938 bits per heavy atom. The molecule has 0 unspecified atom stereocenters. The second-order valence-electron chi connectivity index (χ2n) is 6.71. The van der Waals surface area contributed by atoms with E-state index in [1.807, 2.05) is 30.3 Å². The van der Waals surface area contributed by atoms with Gasteiger partial charge in [0.15, 0.2) is 12.4 Å². The molecule has 0 fully saturated rings. The SMILES string of the molecule is O=C(COc1c(Cl)cc(Cl)cc1Br)Oc1ccc(C(=O)OCCCc2ccccc2)cc1. The summed E-state index contributed by atoms with van der Waals surface area (Å²) >= 11 is 15.2. The number of ether oxygens (including phenoxy) is 3. The number of esters is 2. The molecule has 0 aromatic heterocycles. The summed E-state index contributed by atoms with van der Waals surface area (Å²) in [6.07, 6.45) is 1.57. The van der Waals surface area contributed by atoms with Crippen LogP contribution in [0.25, 0.3) is 0 Å². The van der Waals surface area contributed by atoms with Gasteiger partial charge in [-0.3, -0.25) is 0 Å². The molecule has 5 nitrogen and oxygen atoms in total. The van der Waals surface area contributed by atoms with Crippen molar-refractivity contribution in [2.24, 2.45) is 0 Å². The van der Waals surface area contributed by atoms with E-state index in [0.717, 1.165) is 12.8 Å². The Labute approximate surface area is 204 Å². The van der Waals surface area contributed by atoms with Gasteiger partial charge in [-0.25, -0.2) is 9.59 Å². The monoisotopic (exact) mass is 536 g/mol. The van der Waals surface area contributed by atoms with Crippen molar-refractivity contribution in [3.05, 3.63) is 92.4 Å². The quantitative estimate of drug-likeness (QED) is 0.176. The zero-order valence-electron chi connectivity index (χ0n) is 16.9. The summed E-state index contributed by atoms with van der Waals surface area (Å²) in [4.78, 5) is 24.2. The van der Waals surface area contributed by atoms with Gasteiger partial charge in [0, 0.05) is 5.02 Å². The molecule has 32 heavy (non-hydrogen) atoms. The summed E-state index contributed by atoms with van der Waals surface area (Å²) < 4.78 is 16.5. The first kappa shape index (κ1) is 24.1. The molecule has 0 saturated carbocycles. The third kappa shape index (κ3) is 7.26. The predicted molar refractivity (Wildman–Crippen MR) is 127 cm³/mol. The number of carbonyl (C=O) groups excluding carboxylic acids is 2. The summed E-state index contributed by atoms with van der Waals surface area (Å²) in [6, 6.07) is 19.2. The molecule has 3 aromatic carbocycles. The van der Waals surface area contributed by atoms with Crippen molar-refractivity contribution in [3.63, 3.8) is 0 Å². The average Bonchev–Trinajstić information content (AvgIpc) is 2.77. The standard InChI is InChI=1S/C24H19BrCl2O5/c25-20-13-18(26)14-21(27)23(20)31-15-22(28)32-19-10-8-17(9-11-19)24(29)30-12-4-7-16-5-2-1-3-6-16/h1-3,5-6,8-11,13-14H,4,7,12,15H2. The van der Waals surface area contributed by atoms with Gasteiger partial charge in [0.05, 0.1) is 21.7 Å². The van der Waals surface area contributed by atoms with Crippen LogP contribution in [0.3, 0.4) is 0 Å². The zero-order chi connectivity index (χ0) is 22.9. The highest BCUT2D eigenvalue weighted by molar-refractivity contribution is 9.10. The van der Waals surface area contributed by atoms with Crippen LogP contribution in [0.5, 0.6) is 11.5 Å². The van der Waals surface area contributed by atoms with Crippen LogP contribution in [-0.4, -0.2) is 25.2 Å². The molecular formula is C24H19BrCl2O5. The molecular weight excluding hydrogens is 519 g/mol. The highest BCUT2D eigenvalue weighted by atomic mass is 79.9. The number of carbonyl (C=O) groups is 2. The number of hydrogen-bond acceptors (Lipinski definition) is 5. The zero-order valence-corrected chi connectivity index (χ0v) is 20.0. The minimum absolute atomic E-state index is 0.267. The van der Waals surface area contributed by atoms with Gasteiger partial charge in [-0.05, 0) is 70.7 Å². The van der Waals surface area contributed by atoms with E-state index in [9.17, 15) is 9.59 Å². The second kappa shape index (κ2) is 11.9. The largest absolute Gasteiger partial charge is 0.479 e. The molecule has 166 valence electrons. The van der Waals surface area contributed by atoms with Crippen molar-refractivity contribution in [2.45, 2.75) is 12.8 Å². The lowest BCUT2D eigenvalue weighted by Crippen LogP contribution is -2.18. The molecule has 0 aliphatic rings. The first-order chi connectivity index (χ1) is 15.4. The van der Waals surface area contributed by atoms with Crippen LogP contribution in [-0.2, 0) is 16.0 Å². The molecule has 0 atom stereocenters. The third-order valence-electron chi connectivity index (χ3n) is 4.30. The van der Waals surface area contributed by atoms with Gasteiger partial charge >= 0.3 is 11.9 Å². The molecule has 3 rings (SSSR count). The van der Waals surface area contributed by atoms with E-state index in [0.29, 0.717) is 27.4 Å². The summed E-state index contributed by atoms with van der Waals surface area (Å²) in [5.74, 6) is -0.487. The highest BCUT2D eigenvalue weighted by Gasteiger charge is 2.13. The second-order valence-corrected chi connectivity index (χ2v) is 8.41. The molecule has 8 heteroatoms. The fourth-order valence-electron chi connectivity index (χ4n) is 2.79. The van der Waals surface area contributed by atoms with E-state index in [1.54, 1.807) is 6.07 Å². The van der Waals surface area contributed by atoms with E-state index in [4.69, 9.17) is 37.4 Å². The van der Waals surface area contributed by atoms with Crippen molar-refractivity contribution in [1.82, 2.24) is 0 Å². The number of rotatable bonds is 9. The number of aryl methyl sites for hydroxylation is 1. The minimum atomic E-state index is -0.626. The van der Waals surface area contributed by atoms with E-state index < -0.39 is 11.9 Å². The Morgan fingerprint density at radius 3 is 2.34 bits per heavy atom. The van der Waals surface area contributed by atoms with E-state index in [1.165, 1.54) is 35.9 Å². The van der Waals surface area contributed by atoms with Crippen LogP contribution in [0.4, 0.5) is 0 Å². The molecule has 3 aromatic rings. The van der Waals surface area contributed by atoms with Crippen molar-refractivity contribution in [3.8, 4) is 11.5 Å². The highest BCUT2D eigenvalue weighted by Crippen LogP contribution is 2.36. The molecule has 0 aliphatic heterocycles. The van der Waals surface area contributed by atoms with E-state index >= 15 is 0 Å². The van der Waals surface area contributed by atoms with Gasteiger partial charge < -0.3 is 14.2 Å². The Balaban J connectivity index is 1.43. The maximum Gasteiger partial charge on any atom is 0.349 e. The van der Waals surface area contributed by atoms with Crippen LogP contribution in [0.2, 0.25) is 10.0 Å². The molecule has 0 N–H and O–H groups in total. The lowest BCUT2D eigenvalue weighted by Gasteiger charge is -2.10. The summed E-state index contributed by atoms with van der Waals surface area (Å²) in [5, 5.41) is 0.704. The van der Waals surface area contributed by atoms with Gasteiger partial charge in [0.1, 0.15) is 5.75 Å². The number of halogens is 3. The summed E-state index contributed by atoms with van der Waals surface area (Å²) in [7, 11) is 0. The normalized spacial score (nSPS) is 10.5. The molecule has 0 radical (unpaired) electrons. The summed E-state index contributed by atoms with van der Waals surface area (Å²) in [5.41, 5.74) is 1.57. The Bertz CT molecular complexity index is 1050. The van der Waals surface area contributed by atoms with Crippen molar-refractivity contribution in [2.75, 3.05) is 13.2 Å². The molecule has 0 bridgehead atoms. The molecule has 0 aliphatic carbocycles. The molecule has 0 heterocycles. The third-order valence-corrected chi connectivity index (χ3v) is 5.39. The van der Waals surface area contributed by atoms with Crippen molar-refractivity contribution in [1.29, 1.82) is 0 Å². The first-order valence-electron chi connectivity index (χ1n) is 9.71.